The number of rotatable bonds is 4. The van der Waals surface area contributed by atoms with Crippen LogP contribution in [-0.4, -0.2) is 32.8 Å². The van der Waals surface area contributed by atoms with Crippen LogP contribution in [0.25, 0.3) is 11.6 Å². The summed E-state index contributed by atoms with van der Waals surface area (Å²) in [6, 6.07) is 13.6. The molecule has 2 aliphatic heterocycles. The van der Waals surface area contributed by atoms with E-state index in [0.717, 1.165) is 24.6 Å². The van der Waals surface area contributed by atoms with E-state index < -0.39 is 0 Å². The lowest BCUT2D eigenvalue weighted by atomic mass is 9.94. The molecule has 2 aliphatic rings. The van der Waals surface area contributed by atoms with Crippen molar-refractivity contribution in [2.45, 2.75) is 57.0 Å². The first-order valence-electron chi connectivity index (χ1n) is 9.82. The van der Waals surface area contributed by atoms with Gasteiger partial charge < -0.3 is 9.05 Å². The second-order valence-corrected chi connectivity index (χ2v) is 7.94. The summed E-state index contributed by atoms with van der Waals surface area (Å²) >= 11 is 0. The minimum atomic E-state index is 0.280. The molecule has 0 amide bonds. The molecule has 3 atom stereocenters. The van der Waals surface area contributed by atoms with E-state index in [0.29, 0.717) is 29.6 Å². The largest absolute Gasteiger partial charge is 0.360 e. The second kappa shape index (κ2) is 6.60. The van der Waals surface area contributed by atoms with Gasteiger partial charge in [0, 0.05) is 30.0 Å². The summed E-state index contributed by atoms with van der Waals surface area (Å²) in [5.41, 5.74) is 2.01. The lowest BCUT2D eigenvalue weighted by Crippen LogP contribution is -2.27. The van der Waals surface area contributed by atoms with Gasteiger partial charge in [0.25, 0.3) is 5.89 Å². The maximum Gasteiger partial charge on any atom is 0.280 e. The van der Waals surface area contributed by atoms with Gasteiger partial charge in [0.05, 0.1) is 0 Å². The van der Waals surface area contributed by atoms with Gasteiger partial charge in [-0.3, -0.25) is 4.90 Å². The molecule has 27 heavy (non-hydrogen) atoms. The Morgan fingerprint density at radius 3 is 2.74 bits per heavy atom. The van der Waals surface area contributed by atoms with Gasteiger partial charge in [-0.1, -0.05) is 54.5 Å². The minimum absolute atomic E-state index is 0.280. The van der Waals surface area contributed by atoms with Crippen molar-refractivity contribution < 1.29 is 9.05 Å². The summed E-state index contributed by atoms with van der Waals surface area (Å²) in [7, 11) is 0. The molecule has 140 valence electrons. The Kier molecular flexibility index (Phi) is 4.08. The summed E-state index contributed by atoms with van der Waals surface area (Å²) in [6.07, 6.45) is 3.46. The Balaban J connectivity index is 1.42. The molecule has 0 bridgehead atoms. The number of hydrogen-bond acceptors (Lipinski definition) is 6. The Labute approximate surface area is 158 Å². The van der Waals surface area contributed by atoms with E-state index in [1.807, 2.05) is 6.07 Å². The van der Waals surface area contributed by atoms with Gasteiger partial charge in [-0.25, -0.2) is 0 Å². The fraction of sp³-hybridized carbons (Fsp3) is 0.476. The molecule has 6 heteroatoms. The van der Waals surface area contributed by atoms with Crippen molar-refractivity contribution in [3.05, 3.63) is 53.5 Å². The Hall–Kier alpha value is -2.47. The first-order chi connectivity index (χ1) is 13.2. The minimum Gasteiger partial charge on any atom is -0.360 e. The SMILES string of the molecule is CC(C)c1cc(-c2nc([C@@H]3C[C@H](c4ccccc4)N4CCC[C@@H]34)no2)no1. The van der Waals surface area contributed by atoms with E-state index in [1.165, 1.54) is 18.4 Å². The van der Waals surface area contributed by atoms with E-state index >= 15 is 0 Å². The fourth-order valence-corrected chi connectivity index (χ4v) is 4.60. The van der Waals surface area contributed by atoms with Gasteiger partial charge in [0.15, 0.2) is 11.5 Å². The number of benzene rings is 1. The number of aromatic nitrogens is 3. The van der Waals surface area contributed by atoms with Crippen molar-refractivity contribution in [1.29, 1.82) is 0 Å². The molecular formula is C21H24N4O2. The van der Waals surface area contributed by atoms with Crippen LogP contribution in [-0.2, 0) is 0 Å². The normalized spacial score (nSPS) is 25.4. The van der Waals surface area contributed by atoms with Crippen LogP contribution in [0.15, 0.2) is 45.4 Å². The van der Waals surface area contributed by atoms with Crippen LogP contribution < -0.4 is 0 Å². The molecule has 0 aliphatic carbocycles. The highest BCUT2D eigenvalue weighted by molar-refractivity contribution is 5.46. The van der Waals surface area contributed by atoms with Crippen LogP contribution in [0.2, 0.25) is 0 Å². The van der Waals surface area contributed by atoms with E-state index in [1.54, 1.807) is 0 Å². The zero-order chi connectivity index (χ0) is 18.4. The van der Waals surface area contributed by atoms with E-state index in [-0.39, 0.29) is 5.92 Å². The zero-order valence-electron chi connectivity index (χ0n) is 15.7. The monoisotopic (exact) mass is 364 g/mol. The number of hydrogen-bond donors (Lipinski definition) is 0. The number of nitrogens with zero attached hydrogens (tertiary/aromatic N) is 4. The molecule has 0 N–H and O–H groups in total. The summed E-state index contributed by atoms with van der Waals surface area (Å²) in [5.74, 6) is 2.66. The van der Waals surface area contributed by atoms with Gasteiger partial charge in [-0.05, 0) is 31.4 Å². The standard InChI is InChI=1S/C21H24N4O2/c1-13(2)19-12-16(23-26-19)21-22-20(24-27-21)15-11-18(14-7-4-3-5-8-14)25-10-6-9-17(15)25/h3-5,7-8,12-13,15,17-18H,6,9-11H2,1-2H3/t15-,17+,18-/m1/s1. The maximum atomic E-state index is 5.54. The summed E-state index contributed by atoms with van der Waals surface area (Å²) in [6.45, 7) is 5.29. The Morgan fingerprint density at radius 1 is 1.11 bits per heavy atom. The van der Waals surface area contributed by atoms with Crippen LogP contribution in [0, 0.1) is 0 Å². The first kappa shape index (κ1) is 16.7. The van der Waals surface area contributed by atoms with Gasteiger partial charge in [0.2, 0.25) is 0 Å². The molecule has 4 heterocycles. The summed E-state index contributed by atoms with van der Waals surface area (Å²) < 4.78 is 10.9. The first-order valence-corrected chi connectivity index (χ1v) is 9.82. The van der Waals surface area contributed by atoms with Gasteiger partial charge in [-0.15, -0.1) is 0 Å². The van der Waals surface area contributed by atoms with Crippen LogP contribution in [0.1, 0.15) is 68.1 Å². The van der Waals surface area contributed by atoms with Crippen molar-refractivity contribution in [1.82, 2.24) is 20.2 Å². The molecule has 6 nitrogen and oxygen atoms in total. The lowest BCUT2D eigenvalue weighted by molar-refractivity contribution is 0.243. The lowest BCUT2D eigenvalue weighted by Gasteiger charge is -2.24. The summed E-state index contributed by atoms with van der Waals surface area (Å²) in [5, 5.41) is 8.42. The topological polar surface area (TPSA) is 68.2 Å². The van der Waals surface area contributed by atoms with E-state index in [4.69, 9.17) is 14.0 Å². The van der Waals surface area contributed by atoms with Crippen molar-refractivity contribution in [3.8, 4) is 11.6 Å². The second-order valence-electron chi connectivity index (χ2n) is 7.94. The quantitative estimate of drug-likeness (QED) is 0.677. The van der Waals surface area contributed by atoms with Gasteiger partial charge >= 0.3 is 0 Å². The van der Waals surface area contributed by atoms with Crippen molar-refractivity contribution in [2.75, 3.05) is 6.54 Å². The smallest absolute Gasteiger partial charge is 0.280 e. The van der Waals surface area contributed by atoms with Crippen molar-refractivity contribution in [3.63, 3.8) is 0 Å². The van der Waals surface area contributed by atoms with Crippen LogP contribution in [0.4, 0.5) is 0 Å². The van der Waals surface area contributed by atoms with Crippen molar-refractivity contribution >= 4 is 0 Å². The third-order valence-electron chi connectivity index (χ3n) is 5.96. The van der Waals surface area contributed by atoms with Crippen molar-refractivity contribution in [2.24, 2.45) is 0 Å². The molecule has 0 spiro atoms. The molecule has 0 unspecified atom stereocenters. The predicted molar refractivity (Wildman–Crippen MR) is 100 cm³/mol. The Morgan fingerprint density at radius 2 is 1.96 bits per heavy atom. The molecule has 2 aromatic heterocycles. The molecule has 0 saturated carbocycles. The third-order valence-corrected chi connectivity index (χ3v) is 5.96. The van der Waals surface area contributed by atoms with Gasteiger partial charge in [0.1, 0.15) is 5.76 Å². The number of fused-ring (bicyclic) bond motifs is 1. The third kappa shape index (κ3) is 2.88. The molecule has 3 aromatic rings. The highest BCUT2D eigenvalue weighted by Gasteiger charge is 2.46. The highest BCUT2D eigenvalue weighted by atomic mass is 16.5. The van der Waals surface area contributed by atoms with Gasteiger partial charge in [-0.2, -0.15) is 4.98 Å². The average Bonchev–Trinajstić information content (AvgIpc) is 3.43. The fourth-order valence-electron chi connectivity index (χ4n) is 4.60. The van der Waals surface area contributed by atoms with E-state index in [2.05, 4.69) is 59.4 Å². The van der Waals surface area contributed by atoms with Crippen LogP contribution >= 0.6 is 0 Å². The summed E-state index contributed by atoms with van der Waals surface area (Å²) in [4.78, 5) is 7.32. The highest BCUT2D eigenvalue weighted by Crippen LogP contribution is 2.48. The molecule has 1 aromatic carbocycles. The average molecular weight is 364 g/mol. The molecule has 2 saturated heterocycles. The molecule has 0 radical (unpaired) electrons. The predicted octanol–water partition coefficient (Wildman–Crippen LogP) is 4.54. The Bertz CT molecular complexity index is 917. The maximum absolute atomic E-state index is 5.54. The molecular weight excluding hydrogens is 340 g/mol. The zero-order valence-corrected chi connectivity index (χ0v) is 15.7. The van der Waals surface area contributed by atoms with Crippen LogP contribution in [0.3, 0.4) is 0 Å². The van der Waals surface area contributed by atoms with E-state index in [9.17, 15) is 0 Å². The molecule has 2 fully saturated rings. The molecule has 5 rings (SSSR count). The van der Waals surface area contributed by atoms with Crippen LogP contribution in [0.5, 0.6) is 0 Å².